The summed E-state index contributed by atoms with van der Waals surface area (Å²) in [5.74, 6) is -0.189. The third-order valence-electron chi connectivity index (χ3n) is 3.03. The van der Waals surface area contributed by atoms with Gasteiger partial charge in [0.25, 0.3) is 0 Å². The Bertz CT molecular complexity index is 574. The van der Waals surface area contributed by atoms with Crippen molar-refractivity contribution in [2.75, 3.05) is 7.05 Å². The van der Waals surface area contributed by atoms with Crippen LogP contribution in [-0.2, 0) is 6.42 Å². The smallest absolute Gasteiger partial charge is 0.126 e. The number of halogens is 3. The fourth-order valence-corrected chi connectivity index (χ4v) is 2.64. The van der Waals surface area contributed by atoms with E-state index in [0.29, 0.717) is 17.0 Å². The molecule has 2 aromatic rings. The van der Waals surface area contributed by atoms with Crippen LogP contribution >= 0.6 is 27.5 Å². The summed E-state index contributed by atoms with van der Waals surface area (Å²) < 4.78 is 14.7. The predicted octanol–water partition coefficient (Wildman–Crippen LogP) is 4.74. The molecule has 0 bridgehead atoms. The quantitative estimate of drug-likeness (QED) is 0.846. The van der Waals surface area contributed by atoms with Crippen molar-refractivity contribution < 1.29 is 4.39 Å². The van der Waals surface area contributed by atoms with E-state index in [1.807, 2.05) is 37.4 Å². The molecule has 1 atom stereocenters. The highest BCUT2D eigenvalue weighted by Gasteiger charge is 2.13. The third kappa shape index (κ3) is 3.78. The van der Waals surface area contributed by atoms with E-state index in [9.17, 15) is 4.39 Å². The second-order valence-electron chi connectivity index (χ2n) is 4.34. The predicted molar refractivity (Wildman–Crippen MR) is 81.1 cm³/mol. The van der Waals surface area contributed by atoms with Gasteiger partial charge in [0, 0.05) is 15.5 Å². The van der Waals surface area contributed by atoms with Gasteiger partial charge in [-0.3, -0.25) is 0 Å². The standard InChI is InChI=1S/C15H14BrClFN/c1-19-15(10-3-2-4-13(17)8-10)9-11-7-12(16)5-6-14(11)18/h2-8,15,19H,9H2,1H3. The van der Waals surface area contributed by atoms with E-state index < -0.39 is 0 Å². The van der Waals surface area contributed by atoms with Gasteiger partial charge in [0.2, 0.25) is 0 Å². The molecule has 1 unspecified atom stereocenters. The number of hydrogen-bond donors (Lipinski definition) is 1. The van der Waals surface area contributed by atoms with E-state index in [1.165, 1.54) is 6.07 Å². The number of rotatable bonds is 4. The number of nitrogens with one attached hydrogen (secondary N) is 1. The van der Waals surface area contributed by atoms with Crippen molar-refractivity contribution in [1.29, 1.82) is 0 Å². The zero-order chi connectivity index (χ0) is 13.8. The summed E-state index contributed by atoms with van der Waals surface area (Å²) in [5.41, 5.74) is 1.73. The van der Waals surface area contributed by atoms with Crippen molar-refractivity contribution in [2.45, 2.75) is 12.5 Å². The van der Waals surface area contributed by atoms with Crippen LogP contribution in [0, 0.1) is 5.82 Å². The summed E-state index contributed by atoms with van der Waals surface area (Å²) in [7, 11) is 1.86. The van der Waals surface area contributed by atoms with E-state index >= 15 is 0 Å². The minimum absolute atomic E-state index is 0.0301. The fourth-order valence-electron chi connectivity index (χ4n) is 2.03. The van der Waals surface area contributed by atoms with Crippen LogP contribution in [0.5, 0.6) is 0 Å². The fraction of sp³-hybridized carbons (Fsp3) is 0.200. The molecule has 1 nitrogen and oxygen atoms in total. The van der Waals surface area contributed by atoms with Crippen molar-refractivity contribution >= 4 is 27.5 Å². The highest BCUT2D eigenvalue weighted by Crippen LogP contribution is 2.24. The minimum Gasteiger partial charge on any atom is -0.313 e. The average molecular weight is 343 g/mol. The normalized spacial score (nSPS) is 12.4. The van der Waals surface area contributed by atoms with Gasteiger partial charge >= 0.3 is 0 Å². The maximum Gasteiger partial charge on any atom is 0.126 e. The zero-order valence-corrected chi connectivity index (χ0v) is 12.8. The first-order chi connectivity index (χ1) is 9.10. The van der Waals surface area contributed by atoms with Crippen LogP contribution in [0.1, 0.15) is 17.2 Å². The van der Waals surface area contributed by atoms with E-state index in [4.69, 9.17) is 11.6 Å². The van der Waals surface area contributed by atoms with Gasteiger partial charge in [-0.15, -0.1) is 0 Å². The zero-order valence-electron chi connectivity index (χ0n) is 10.5. The van der Waals surface area contributed by atoms with E-state index in [-0.39, 0.29) is 11.9 Å². The SMILES string of the molecule is CNC(Cc1cc(Br)ccc1F)c1cccc(Cl)c1. The molecule has 0 aliphatic carbocycles. The largest absolute Gasteiger partial charge is 0.313 e. The Morgan fingerprint density at radius 1 is 1.26 bits per heavy atom. The van der Waals surface area contributed by atoms with Gasteiger partial charge in [-0.05, 0) is 54.9 Å². The lowest BCUT2D eigenvalue weighted by Crippen LogP contribution is -2.19. The van der Waals surface area contributed by atoms with Crippen LogP contribution in [0.3, 0.4) is 0 Å². The van der Waals surface area contributed by atoms with E-state index in [1.54, 1.807) is 6.07 Å². The van der Waals surface area contributed by atoms with Crippen molar-refractivity contribution in [2.24, 2.45) is 0 Å². The second kappa shape index (κ2) is 6.51. The molecule has 1 N–H and O–H groups in total. The Morgan fingerprint density at radius 3 is 2.74 bits per heavy atom. The molecule has 4 heteroatoms. The van der Waals surface area contributed by atoms with Gasteiger partial charge in [-0.25, -0.2) is 4.39 Å². The molecular formula is C15H14BrClFN. The topological polar surface area (TPSA) is 12.0 Å². The summed E-state index contributed by atoms with van der Waals surface area (Å²) in [6, 6.07) is 12.6. The highest BCUT2D eigenvalue weighted by atomic mass is 79.9. The van der Waals surface area contributed by atoms with Crippen LogP contribution in [0.2, 0.25) is 5.02 Å². The highest BCUT2D eigenvalue weighted by molar-refractivity contribution is 9.10. The first-order valence-electron chi connectivity index (χ1n) is 5.97. The molecule has 0 saturated heterocycles. The first-order valence-corrected chi connectivity index (χ1v) is 7.14. The molecule has 100 valence electrons. The molecular weight excluding hydrogens is 329 g/mol. The summed E-state index contributed by atoms with van der Waals surface area (Å²) in [6.07, 6.45) is 0.572. The lowest BCUT2D eigenvalue weighted by molar-refractivity contribution is 0.554. The molecule has 0 spiro atoms. The Morgan fingerprint density at radius 2 is 2.05 bits per heavy atom. The molecule has 0 amide bonds. The summed E-state index contributed by atoms with van der Waals surface area (Å²) in [5, 5.41) is 3.89. The van der Waals surface area contributed by atoms with Crippen LogP contribution in [0.25, 0.3) is 0 Å². The minimum atomic E-state index is -0.189. The average Bonchev–Trinajstić information content (AvgIpc) is 2.39. The lowest BCUT2D eigenvalue weighted by atomic mass is 9.99. The second-order valence-corrected chi connectivity index (χ2v) is 5.69. The Labute approximate surface area is 125 Å². The van der Waals surface area contributed by atoms with Crippen molar-refractivity contribution in [3.8, 4) is 0 Å². The molecule has 0 fully saturated rings. The number of benzene rings is 2. The molecule has 2 rings (SSSR count). The van der Waals surface area contributed by atoms with E-state index in [2.05, 4.69) is 21.2 Å². The van der Waals surface area contributed by atoms with Gasteiger partial charge in [-0.1, -0.05) is 39.7 Å². The number of likely N-dealkylation sites (N-methyl/N-ethyl adjacent to an activating group) is 1. The van der Waals surface area contributed by atoms with Crippen LogP contribution in [-0.4, -0.2) is 7.05 Å². The molecule has 0 heterocycles. The Balaban J connectivity index is 2.26. The van der Waals surface area contributed by atoms with Crippen molar-refractivity contribution in [3.05, 3.63) is 68.9 Å². The molecule has 0 saturated carbocycles. The summed E-state index contributed by atoms with van der Waals surface area (Å²) in [6.45, 7) is 0. The molecule has 0 radical (unpaired) electrons. The molecule has 2 aromatic carbocycles. The Kier molecular flexibility index (Phi) is 4.97. The third-order valence-corrected chi connectivity index (χ3v) is 3.76. The van der Waals surface area contributed by atoms with Crippen LogP contribution in [0.15, 0.2) is 46.9 Å². The maximum absolute atomic E-state index is 13.8. The summed E-state index contributed by atoms with van der Waals surface area (Å²) in [4.78, 5) is 0. The summed E-state index contributed by atoms with van der Waals surface area (Å²) >= 11 is 9.36. The van der Waals surface area contributed by atoms with Gasteiger partial charge in [0.15, 0.2) is 0 Å². The molecule has 19 heavy (non-hydrogen) atoms. The van der Waals surface area contributed by atoms with E-state index in [0.717, 1.165) is 10.0 Å². The Hall–Kier alpha value is -0.900. The van der Waals surface area contributed by atoms with Crippen LogP contribution in [0.4, 0.5) is 4.39 Å². The van der Waals surface area contributed by atoms with Gasteiger partial charge in [0.1, 0.15) is 5.82 Å². The monoisotopic (exact) mass is 341 g/mol. The number of hydrogen-bond acceptors (Lipinski definition) is 1. The van der Waals surface area contributed by atoms with Crippen molar-refractivity contribution in [1.82, 2.24) is 5.32 Å². The molecule has 0 aliphatic rings. The van der Waals surface area contributed by atoms with Gasteiger partial charge in [0.05, 0.1) is 0 Å². The van der Waals surface area contributed by atoms with Gasteiger partial charge < -0.3 is 5.32 Å². The van der Waals surface area contributed by atoms with Crippen molar-refractivity contribution in [3.63, 3.8) is 0 Å². The molecule has 0 aliphatic heterocycles. The van der Waals surface area contributed by atoms with Crippen LogP contribution < -0.4 is 5.32 Å². The maximum atomic E-state index is 13.8. The first kappa shape index (κ1) is 14.5. The van der Waals surface area contributed by atoms with Gasteiger partial charge in [-0.2, -0.15) is 0 Å². The molecule has 0 aromatic heterocycles. The lowest BCUT2D eigenvalue weighted by Gasteiger charge is -2.17.